The second kappa shape index (κ2) is 5.35. The Morgan fingerprint density at radius 1 is 1.48 bits per heavy atom. The number of fused-ring (bicyclic) bond motifs is 1. The quantitative estimate of drug-likeness (QED) is 0.720. The summed E-state index contributed by atoms with van der Waals surface area (Å²) in [5.74, 6) is 0. The Hall–Kier alpha value is -2.10. The van der Waals surface area contributed by atoms with Gasteiger partial charge in [0.1, 0.15) is 11.1 Å². The third-order valence-electron chi connectivity index (χ3n) is 3.32. The van der Waals surface area contributed by atoms with Gasteiger partial charge in [-0.3, -0.25) is 0 Å². The highest BCUT2D eigenvalue weighted by Gasteiger charge is 2.11. The van der Waals surface area contributed by atoms with Crippen LogP contribution in [0, 0.1) is 18.3 Å². The van der Waals surface area contributed by atoms with Crippen LogP contribution in [0.4, 0.5) is 5.69 Å². The summed E-state index contributed by atoms with van der Waals surface area (Å²) < 4.78 is 5.07. The molecule has 3 rings (SSSR count). The first-order valence-corrected chi connectivity index (χ1v) is 7.42. The minimum Gasteiger partial charge on any atom is -0.358 e. The van der Waals surface area contributed by atoms with Gasteiger partial charge in [-0.2, -0.15) is 5.26 Å². The molecule has 0 radical (unpaired) electrons. The van der Waals surface area contributed by atoms with Crippen LogP contribution in [-0.2, 0) is 7.05 Å². The number of aromatic nitrogens is 3. The molecule has 0 fully saturated rings. The van der Waals surface area contributed by atoms with Gasteiger partial charge in [0.25, 0.3) is 0 Å². The van der Waals surface area contributed by atoms with Crippen molar-refractivity contribution in [1.82, 2.24) is 14.5 Å². The third-order valence-corrected chi connectivity index (χ3v) is 4.58. The predicted octanol–water partition coefficient (Wildman–Crippen LogP) is 3.85. The zero-order valence-corrected chi connectivity index (χ0v) is 13.0. The third kappa shape index (κ3) is 2.35. The molecule has 5 nitrogen and oxygen atoms in total. The minimum atomic E-state index is 0.444. The summed E-state index contributed by atoms with van der Waals surface area (Å²) in [6.07, 6.45) is 3.44. The van der Waals surface area contributed by atoms with Crippen molar-refractivity contribution >= 4 is 40.1 Å². The molecule has 0 aliphatic heterocycles. The summed E-state index contributed by atoms with van der Waals surface area (Å²) in [5.41, 5.74) is 3.56. The van der Waals surface area contributed by atoms with E-state index in [1.54, 1.807) is 17.0 Å². The highest BCUT2D eigenvalue weighted by Crippen LogP contribution is 2.31. The number of hydrogen-bond donors (Lipinski definition) is 2. The van der Waals surface area contributed by atoms with Crippen LogP contribution in [0.15, 0.2) is 29.6 Å². The lowest BCUT2D eigenvalue weighted by Gasteiger charge is -2.08. The van der Waals surface area contributed by atoms with E-state index in [4.69, 9.17) is 16.9 Å². The standard InChI is InChI=1S/C14H12ClN5S/c1-8-3-4-10(13-12(8)9(5-16)6-17-13)19-21-11-7-18-14(15)20(11)2/h3-4,6-7,17,19H,1-2H3. The molecule has 2 aromatic heterocycles. The number of nitrogens with zero attached hydrogens (tertiary/aromatic N) is 3. The summed E-state index contributed by atoms with van der Waals surface area (Å²) >= 11 is 7.34. The van der Waals surface area contributed by atoms with Crippen LogP contribution in [0.2, 0.25) is 5.28 Å². The number of anilines is 1. The van der Waals surface area contributed by atoms with Crippen molar-refractivity contribution in [1.29, 1.82) is 5.26 Å². The molecule has 0 spiro atoms. The molecule has 0 atom stereocenters. The van der Waals surface area contributed by atoms with Crippen LogP contribution in [0.3, 0.4) is 0 Å². The number of hydrogen-bond acceptors (Lipinski definition) is 4. The van der Waals surface area contributed by atoms with Crippen LogP contribution in [0.5, 0.6) is 0 Å². The number of imidazole rings is 1. The van der Waals surface area contributed by atoms with Crippen LogP contribution in [-0.4, -0.2) is 14.5 Å². The van der Waals surface area contributed by atoms with Crippen molar-refractivity contribution in [3.63, 3.8) is 0 Å². The Kier molecular flexibility index (Phi) is 3.53. The molecule has 7 heteroatoms. The Balaban J connectivity index is 1.95. The molecule has 0 bridgehead atoms. The zero-order valence-electron chi connectivity index (χ0n) is 11.4. The molecule has 0 aliphatic carbocycles. The number of benzene rings is 1. The molecule has 0 saturated heterocycles. The molecule has 0 saturated carbocycles. The summed E-state index contributed by atoms with van der Waals surface area (Å²) in [7, 11) is 1.85. The van der Waals surface area contributed by atoms with Crippen molar-refractivity contribution in [3.05, 3.63) is 40.9 Å². The van der Waals surface area contributed by atoms with Gasteiger partial charge in [-0.25, -0.2) is 4.98 Å². The number of nitriles is 1. The fraction of sp³-hybridized carbons (Fsp3) is 0.143. The number of aromatic amines is 1. The van der Waals surface area contributed by atoms with E-state index >= 15 is 0 Å². The lowest BCUT2D eigenvalue weighted by Crippen LogP contribution is -1.94. The first kappa shape index (κ1) is 13.9. The van der Waals surface area contributed by atoms with E-state index in [2.05, 4.69) is 20.8 Å². The van der Waals surface area contributed by atoms with E-state index in [1.807, 2.05) is 26.1 Å². The van der Waals surface area contributed by atoms with Gasteiger partial charge in [-0.15, -0.1) is 0 Å². The van der Waals surface area contributed by atoms with Crippen molar-refractivity contribution in [3.8, 4) is 6.07 Å². The van der Waals surface area contributed by atoms with E-state index in [-0.39, 0.29) is 0 Å². The molecule has 0 aliphatic rings. The maximum absolute atomic E-state index is 9.17. The van der Waals surface area contributed by atoms with Gasteiger partial charge in [-0.1, -0.05) is 6.07 Å². The Morgan fingerprint density at radius 3 is 2.95 bits per heavy atom. The van der Waals surface area contributed by atoms with Crippen LogP contribution in [0.1, 0.15) is 11.1 Å². The Bertz CT molecular complexity index is 858. The lowest BCUT2D eigenvalue weighted by molar-refractivity contribution is 0.826. The molecule has 3 aromatic rings. The molecule has 2 heterocycles. The smallest absolute Gasteiger partial charge is 0.203 e. The Morgan fingerprint density at radius 2 is 2.29 bits per heavy atom. The largest absolute Gasteiger partial charge is 0.358 e. The van der Waals surface area contributed by atoms with Crippen molar-refractivity contribution in [2.45, 2.75) is 11.9 Å². The van der Waals surface area contributed by atoms with Crippen LogP contribution < -0.4 is 4.72 Å². The molecule has 1 aromatic carbocycles. The normalized spacial score (nSPS) is 10.8. The maximum atomic E-state index is 9.17. The Labute approximate surface area is 131 Å². The number of rotatable bonds is 3. The molecular formula is C14H12ClN5S. The topological polar surface area (TPSA) is 69.4 Å². The van der Waals surface area contributed by atoms with Gasteiger partial charge in [0.05, 0.1) is 23.0 Å². The number of aryl methyl sites for hydroxylation is 1. The molecule has 0 unspecified atom stereocenters. The number of H-pyrrole nitrogens is 1. The minimum absolute atomic E-state index is 0.444. The summed E-state index contributed by atoms with van der Waals surface area (Å²) in [5, 5.41) is 11.5. The summed E-state index contributed by atoms with van der Waals surface area (Å²) in [4.78, 5) is 7.20. The van der Waals surface area contributed by atoms with Crippen molar-refractivity contribution in [2.24, 2.45) is 7.05 Å². The number of halogens is 1. The molecule has 21 heavy (non-hydrogen) atoms. The SMILES string of the molecule is Cc1ccc(NSc2cnc(Cl)n2C)c2[nH]cc(C#N)c12. The fourth-order valence-electron chi connectivity index (χ4n) is 2.17. The lowest BCUT2D eigenvalue weighted by atomic mass is 10.1. The van der Waals surface area contributed by atoms with Crippen LogP contribution >= 0.6 is 23.5 Å². The highest BCUT2D eigenvalue weighted by atomic mass is 35.5. The first-order chi connectivity index (χ1) is 10.1. The van der Waals surface area contributed by atoms with E-state index in [0.717, 1.165) is 27.2 Å². The van der Waals surface area contributed by atoms with E-state index < -0.39 is 0 Å². The van der Waals surface area contributed by atoms with Gasteiger partial charge >= 0.3 is 0 Å². The van der Waals surface area contributed by atoms with E-state index in [0.29, 0.717) is 10.8 Å². The van der Waals surface area contributed by atoms with Gasteiger partial charge in [0.15, 0.2) is 0 Å². The highest BCUT2D eigenvalue weighted by molar-refractivity contribution is 8.00. The average Bonchev–Trinajstić information content (AvgIpc) is 3.05. The van der Waals surface area contributed by atoms with Gasteiger partial charge in [0.2, 0.25) is 5.28 Å². The van der Waals surface area contributed by atoms with Crippen molar-refractivity contribution in [2.75, 3.05) is 4.72 Å². The second-order valence-corrected chi connectivity index (χ2v) is 5.79. The molecular weight excluding hydrogens is 306 g/mol. The van der Waals surface area contributed by atoms with Crippen molar-refractivity contribution < 1.29 is 0 Å². The first-order valence-electron chi connectivity index (χ1n) is 6.22. The van der Waals surface area contributed by atoms with Crippen LogP contribution in [0.25, 0.3) is 10.9 Å². The molecule has 106 valence electrons. The predicted molar refractivity (Wildman–Crippen MR) is 85.4 cm³/mol. The average molecular weight is 318 g/mol. The van der Waals surface area contributed by atoms with Gasteiger partial charge in [0, 0.05) is 30.6 Å². The molecule has 2 N–H and O–H groups in total. The summed E-state index contributed by atoms with van der Waals surface area (Å²) in [6.45, 7) is 1.99. The number of nitrogens with one attached hydrogen (secondary N) is 2. The second-order valence-electron chi connectivity index (χ2n) is 4.62. The van der Waals surface area contributed by atoms with Gasteiger partial charge in [-0.05, 0) is 30.2 Å². The zero-order chi connectivity index (χ0) is 15.0. The van der Waals surface area contributed by atoms with Gasteiger partial charge < -0.3 is 14.3 Å². The fourth-order valence-corrected chi connectivity index (χ4v) is 3.07. The monoisotopic (exact) mass is 317 g/mol. The van der Waals surface area contributed by atoms with E-state index in [1.165, 1.54) is 11.9 Å². The molecule has 0 amide bonds. The summed E-state index contributed by atoms with van der Waals surface area (Å²) in [6, 6.07) is 6.19. The van der Waals surface area contributed by atoms with E-state index in [9.17, 15) is 0 Å². The maximum Gasteiger partial charge on any atom is 0.203 e.